The molecule has 3 rings (SSSR count). The van der Waals surface area contributed by atoms with Gasteiger partial charge in [0.05, 0.1) is 0 Å². The Morgan fingerprint density at radius 2 is 2.06 bits per heavy atom. The number of hydrogen-bond acceptors (Lipinski definition) is 2. The number of fused-ring (bicyclic) bond motifs is 2. The predicted molar refractivity (Wildman–Crippen MR) is 71.9 cm³/mol. The van der Waals surface area contributed by atoms with Gasteiger partial charge in [0.1, 0.15) is 6.61 Å². The summed E-state index contributed by atoms with van der Waals surface area (Å²) in [7, 11) is 0. The molecule has 1 aliphatic heterocycles. The number of aliphatic hydroxyl groups is 1. The lowest BCUT2D eigenvalue weighted by Gasteiger charge is -2.26. The molecule has 2 bridgehead atoms. The Bertz CT molecular complexity index is 468. The maximum Gasteiger partial charge on any atom is 0.104 e. The fraction of sp³-hybridized carbons (Fsp3) is 0.500. The van der Waals surface area contributed by atoms with Crippen LogP contribution in [0.5, 0.6) is 0 Å². The summed E-state index contributed by atoms with van der Waals surface area (Å²) in [4.78, 5) is 2.63. The van der Waals surface area contributed by atoms with E-state index in [2.05, 4.69) is 28.9 Å². The minimum atomic E-state index is -0.0708. The molecule has 1 saturated heterocycles. The molecule has 0 amide bonds. The summed E-state index contributed by atoms with van der Waals surface area (Å²) in [6.07, 6.45) is 4.25. The summed E-state index contributed by atoms with van der Waals surface area (Å²) < 4.78 is 0. The average Bonchev–Trinajstić information content (AvgIpc) is 3.00. The molecule has 2 heteroatoms. The van der Waals surface area contributed by atoms with Crippen LogP contribution in [0.3, 0.4) is 0 Å². The molecule has 2 aliphatic rings. The standard InChI is InChI=1S/C16H19NO/c18-9-1-2-13-3-5-14(6-4-13)11-17-12-15-7-8-16(17)10-15/h3-6,15-16,18H,7-12H2. The van der Waals surface area contributed by atoms with E-state index in [4.69, 9.17) is 5.11 Å². The zero-order valence-corrected chi connectivity index (χ0v) is 10.6. The lowest BCUT2D eigenvalue weighted by atomic mass is 10.1. The van der Waals surface area contributed by atoms with Gasteiger partial charge in [0.2, 0.25) is 0 Å². The third kappa shape index (κ3) is 2.43. The number of aliphatic hydroxyl groups excluding tert-OH is 1. The van der Waals surface area contributed by atoms with Gasteiger partial charge in [-0.15, -0.1) is 0 Å². The molecule has 1 N–H and O–H groups in total. The fourth-order valence-corrected chi connectivity index (χ4v) is 3.29. The van der Waals surface area contributed by atoms with Crippen LogP contribution in [-0.4, -0.2) is 29.2 Å². The van der Waals surface area contributed by atoms with Gasteiger partial charge in [0.25, 0.3) is 0 Å². The summed E-state index contributed by atoms with van der Waals surface area (Å²) >= 11 is 0. The third-order valence-electron chi connectivity index (χ3n) is 4.17. The van der Waals surface area contributed by atoms with Crippen LogP contribution in [0.1, 0.15) is 30.4 Å². The second-order valence-electron chi connectivity index (χ2n) is 5.42. The van der Waals surface area contributed by atoms with Crippen molar-refractivity contribution in [1.29, 1.82) is 0 Å². The molecule has 0 aromatic heterocycles. The normalized spacial score (nSPS) is 26.1. The summed E-state index contributed by atoms with van der Waals surface area (Å²) in [5, 5.41) is 8.65. The van der Waals surface area contributed by atoms with Crippen molar-refractivity contribution in [2.24, 2.45) is 5.92 Å². The topological polar surface area (TPSA) is 23.5 Å². The second kappa shape index (κ2) is 5.14. The molecule has 0 spiro atoms. The number of nitrogens with zero attached hydrogens (tertiary/aromatic N) is 1. The highest BCUT2D eigenvalue weighted by molar-refractivity contribution is 5.36. The van der Waals surface area contributed by atoms with Crippen molar-refractivity contribution in [3.8, 4) is 11.8 Å². The first-order valence-electron chi connectivity index (χ1n) is 6.78. The first-order valence-corrected chi connectivity index (χ1v) is 6.78. The molecule has 1 aliphatic carbocycles. The van der Waals surface area contributed by atoms with Crippen molar-refractivity contribution in [2.75, 3.05) is 13.2 Å². The third-order valence-corrected chi connectivity index (χ3v) is 4.17. The summed E-state index contributed by atoms with van der Waals surface area (Å²) in [5.41, 5.74) is 2.35. The van der Waals surface area contributed by atoms with Crippen LogP contribution >= 0.6 is 0 Å². The highest BCUT2D eigenvalue weighted by Gasteiger charge is 2.37. The monoisotopic (exact) mass is 241 g/mol. The Kier molecular flexibility index (Phi) is 3.36. The molecule has 2 nitrogen and oxygen atoms in total. The molecule has 0 radical (unpaired) electrons. The van der Waals surface area contributed by atoms with Crippen molar-refractivity contribution in [3.63, 3.8) is 0 Å². The zero-order valence-electron chi connectivity index (χ0n) is 10.6. The highest BCUT2D eigenvalue weighted by Crippen LogP contribution is 2.37. The van der Waals surface area contributed by atoms with Gasteiger partial charge < -0.3 is 5.11 Å². The van der Waals surface area contributed by atoms with Gasteiger partial charge in [-0.25, -0.2) is 0 Å². The van der Waals surface area contributed by atoms with Crippen molar-refractivity contribution in [2.45, 2.75) is 31.8 Å². The highest BCUT2D eigenvalue weighted by atomic mass is 16.2. The van der Waals surface area contributed by atoms with Gasteiger partial charge in [-0.05, 0) is 42.9 Å². The van der Waals surface area contributed by atoms with Gasteiger partial charge in [0.15, 0.2) is 0 Å². The van der Waals surface area contributed by atoms with Crippen molar-refractivity contribution < 1.29 is 5.11 Å². The minimum absolute atomic E-state index is 0.0708. The van der Waals surface area contributed by atoms with E-state index >= 15 is 0 Å². The molecule has 2 unspecified atom stereocenters. The molecule has 2 atom stereocenters. The lowest BCUT2D eigenvalue weighted by molar-refractivity contribution is 0.205. The predicted octanol–water partition coefficient (Wildman–Crippen LogP) is 2.01. The fourth-order valence-electron chi connectivity index (χ4n) is 3.29. The number of rotatable bonds is 2. The maximum atomic E-state index is 8.65. The van der Waals surface area contributed by atoms with Gasteiger partial charge >= 0.3 is 0 Å². The van der Waals surface area contributed by atoms with E-state index in [0.717, 1.165) is 24.1 Å². The SMILES string of the molecule is OCC#Cc1ccc(CN2CC3CCC2C3)cc1. The van der Waals surface area contributed by atoms with E-state index in [-0.39, 0.29) is 6.61 Å². The Hall–Kier alpha value is -1.30. The number of benzene rings is 1. The number of hydrogen-bond donors (Lipinski definition) is 1. The Balaban J connectivity index is 1.63. The van der Waals surface area contributed by atoms with E-state index in [1.54, 1.807) is 0 Å². The largest absolute Gasteiger partial charge is 0.384 e. The molecule has 1 aromatic carbocycles. The van der Waals surface area contributed by atoms with Gasteiger partial charge in [-0.2, -0.15) is 0 Å². The van der Waals surface area contributed by atoms with Crippen LogP contribution in [0.4, 0.5) is 0 Å². The quantitative estimate of drug-likeness (QED) is 0.801. The van der Waals surface area contributed by atoms with E-state index < -0.39 is 0 Å². The molecular formula is C16H19NO. The number of piperidine rings is 1. The molecule has 94 valence electrons. The maximum absolute atomic E-state index is 8.65. The van der Waals surface area contributed by atoms with Crippen molar-refractivity contribution in [3.05, 3.63) is 35.4 Å². The second-order valence-corrected chi connectivity index (χ2v) is 5.42. The van der Waals surface area contributed by atoms with Crippen molar-refractivity contribution in [1.82, 2.24) is 4.90 Å². The summed E-state index contributed by atoms with van der Waals surface area (Å²) in [6.45, 7) is 2.30. The van der Waals surface area contributed by atoms with E-state index in [9.17, 15) is 0 Å². The minimum Gasteiger partial charge on any atom is -0.384 e. The van der Waals surface area contributed by atoms with Gasteiger partial charge in [0, 0.05) is 24.7 Å². The van der Waals surface area contributed by atoms with E-state index in [1.807, 2.05) is 12.1 Å². The van der Waals surface area contributed by atoms with Crippen LogP contribution < -0.4 is 0 Å². The van der Waals surface area contributed by atoms with Crippen LogP contribution in [0.2, 0.25) is 0 Å². The smallest absolute Gasteiger partial charge is 0.104 e. The molecule has 1 heterocycles. The van der Waals surface area contributed by atoms with Crippen LogP contribution in [0, 0.1) is 17.8 Å². The lowest BCUT2D eigenvalue weighted by Crippen LogP contribution is -2.31. The molecule has 1 aromatic rings. The summed E-state index contributed by atoms with van der Waals surface area (Å²) in [6, 6.07) is 9.25. The van der Waals surface area contributed by atoms with E-state index in [0.29, 0.717) is 0 Å². The Morgan fingerprint density at radius 3 is 2.67 bits per heavy atom. The van der Waals surface area contributed by atoms with Crippen LogP contribution in [0.15, 0.2) is 24.3 Å². The number of likely N-dealkylation sites (tertiary alicyclic amines) is 1. The first-order chi connectivity index (χ1) is 8.85. The van der Waals surface area contributed by atoms with Crippen molar-refractivity contribution >= 4 is 0 Å². The first kappa shape index (κ1) is 11.8. The molecule has 18 heavy (non-hydrogen) atoms. The Morgan fingerprint density at radius 1 is 1.22 bits per heavy atom. The molecule has 1 saturated carbocycles. The molecule has 2 fully saturated rings. The Labute approximate surface area is 109 Å². The van der Waals surface area contributed by atoms with Gasteiger partial charge in [-0.1, -0.05) is 24.0 Å². The van der Waals surface area contributed by atoms with Gasteiger partial charge in [-0.3, -0.25) is 4.90 Å². The zero-order chi connectivity index (χ0) is 12.4. The average molecular weight is 241 g/mol. The van der Waals surface area contributed by atoms with Crippen LogP contribution in [-0.2, 0) is 6.54 Å². The van der Waals surface area contributed by atoms with Crippen LogP contribution in [0.25, 0.3) is 0 Å². The summed E-state index contributed by atoms with van der Waals surface area (Å²) in [5.74, 6) is 6.57. The molecular weight excluding hydrogens is 222 g/mol. The van der Waals surface area contributed by atoms with E-state index in [1.165, 1.54) is 31.4 Å².